The Morgan fingerprint density at radius 2 is 2.28 bits per heavy atom. The Bertz CT molecular complexity index is 361. The van der Waals surface area contributed by atoms with Crippen molar-refractivity contribution >= 4 is 5.91 Å². The first-order chi connectivity index (χ1) is 8.84. The minimum absolute atomic E-state index is 0.102. The monoisotopic (exact) mass is 247 g/mol. The molecule has 1 aromatic rings. The number of piperidine rings is 1. The lowest BCUT2D eigenvalue weighted by atomic mass is 9.96. The molecule has 0 spiro atoms. The highest BCUT2D eigenvalue weighted by Gasteiger charge is 2.12. The molecule has 4 nitrogen and oxygen atoms in total. The van der Waals surface area contributed by atoms with Crippen LogP contribution in [-0.2, 0) is 11.2 Å². The van der Waals surface area contributed by atoms with Crippen molar-refractivity contribution in [1.29, 1.82) is 0 Å². The van der Waals surface area contributed by atoms with E-state index in [4.69, 9.17) is 0 Å². The SMILES string of the molecule is O=C(Cc1ccncc1)NCCC1CCCNC1. The van der Waals surface area contributed by atoms with Gasteiger partial charge >= 0.3 is 0 Å². The molecule has 2 heterocycles. The summed E-state index contributed by atoms with van der Waals surface area (Å²) in [6, 6.07) is 3.76. The zero-order chi connectivity index (χ0) is 12.6. The molecule has 1 aliphatic rings. The number of rotatable bonds is 5. The number of pyridine rings is 1. The van der Waals surface area contributed by atoms with E-state index in [0.29, 0.717) is 6.42 Å². The Hall–Kier alpha value is -1.42. The lowest BCUT2D eigenvalue weighted by Crippen LogP contribution is -2.33. The summed E-state index contributed by atoms with van der Waals surface area (Å²) in [6.07, 6.45) is 7.51. The lowest BCUT2D eigenvalue weighted by molar-refractivity contribution is -0.120. The number of carbonyl (C=O) groups is 1. The second kappa shape index (κ2) is 7.11. The standard InChI is InChI=1S/C14H21N3O/c18-14(10-12-3-7-15-8-4-12)17-9-5-13-2-1-6-16-11-13/h3-4,7-8,13,16H,1-2,5-6,9-11H2,(H,17,18). The van der Waals surface area contributed by atoms with Gasteiger partial charge in [0.1, 0.15) is 0 Å². The topological polar surface area (TPSA) is 54.0 Å². The largest absolute Gasteiger partial charge is 0.356 e. The van der Waals surface area contributed by atoms with Gasteiger partial charge in [-0.25, -0.2) is 0 Å². The molecular formula is C14H21N3O. The van der Waals surface area contributed by atoms with E-state index in [0.717, 1.165) is 37.5 Å². The van der Waals surface area contributed by atoms with Crippen molar-refractivity contribution in [1.82, 2.24) is 15.6 Å². The molecule has 1 aromatic heterocycles. The van der Waals surface area contributed by atoms with Crippen molar-refractivity contribution in [3.63, 3.8) is 0 Å². The third-order valence-electron chi connectivity index (χ3n) is 3.39. The Balaban J connectivity index is 1.62. The molecule has 0 saturated carbocycles. The number of aromatic nitrogens is 1. The molecule has 0 bridgehead atoms. The normalized spacial score (nSPS) is 19.4. The molecule has 1 fully saturated rings. The molecular weight excluding hydrogens is 226 g/mol. The fraction of sp³-hybridized carbons (Fsp3) is 0.571. The number of hydrogen-bond acceptors (Lipinski definition) is 3. The van der Waals surface area contributed by atoms with Gasteiger partial charge in [0.2, 0.25) is 5.91 Å². The second-order valence-corrected chi connectivity index (χ2v) is 4.88. The van der Waals surface area contributed by atoms with E-state index in [1.165, 1.54) is 12.8 Å². The number of hydrogen-bond donors (Lipinski definition) is 2. The number of amides is 1. The van der Waals surface area contributed by atoms with Crippen LogP contribution in [0.1, 0.15) is 24.8 Å². The molecule has 0 radical (unpaired) electrons. The highest BCUT2D eigenvalue weighted by molar-refractivity contribution is 5.78. The van der Waals surface area contributed by atoms with Crippen LogP contribution in [0.4, 0.5) is 0 Å². The van der Waals surface area contributed by atoms with Gasteiger partial charge in [0.05, 0.1) is 6.42 Å². The average molecular weight is 247 g/mol. The molecule has 1 unspecified atom stereocenters. The van der Waals surface area contributed by atoms with Crippen LogP contribution in [0, 0.1) is 5.92 Å². The van der Waals surface area contributed by atoms with Gasteiger partial charge in [-0.2, -0.15) is 0 Å². The van der Waals surface area contributed by atoms with E-state index in [1.54, 1.807) is 12.4 Å². The second-order valence-electron chi connectivity index (χ2n) is 4.88. The Labute approximate surface area is 108 Å². The van der Waals surface area contributed by atoms with Gasteiger partial charge in [0.25, 0.3) is 0 Å². The molecule has 1 atom stereocenters. The van der Waals surface area contributed by atoms with Gasteiger partial charge in [0.15, 0.2) is 0 Å². The van der Waals surface area contributed by atoms with E-state index in [2.05, 4.69) is 15.6 Å². The van der Waals surface area contributed by atoms with Gasteiger partial charge in [0, 0.05) is 18.9 Å². The fourth-order valence-electron chi connectivity index (χ4n) is 2.33. The minimum Gasteiger partial charge on any atom is -0.356 e. The van der Waals surface area contributed by atoms with Gasteiger partial charge < -0.3 is 10.6 Å². The molecule has 0 aliphatic carbocycles. The summed E-state index contributed by atoms with van der Waals surface area (Å²) in [5.74, 6) is 0.824. The maximum absolute atomic E-state index is 11.7. The Morgan fingerprint density at radius 1 is 1.44 bits per heavy atom. The summed E-state index contributed by atoms with van der Waals surface area (Å²) in [7, 11) is 0. The third-order valence-corrected chi connectivity index (χ3v) is 3.39. The van der Waals surface area contributed by atoms with Gasteiger partial charge in [-0.15, -0.1) is 0 Å². The summed E-state index contributed by atoms with van der Waals surface area (Å²) in [4.78, 5) is 15.6. The Morgan fingerprint density at radius 3 is 3.00 bits per heavy atom. The first-order valence-corrected chi connectivity index (χ1v) is 6.71. The summed E-state index contributed by atoms with van der Waals surface area (Å²) in [6.45, 7) is 3.03. The minimum atomic E-state index is 0.102. The fourth-order valence-corrected chi connectivity index (χ4v) is 2.33. The van der Waals surface area contributed by atoms with E-state index >= 15 is 0 Å². The first-order valence-electron chi connectivity index (χ1n) is 6.71. The number of nitrogens with one attached hydrogen (secondary N) is 2. The predicted octanol–water partition coefficient (Wildman–Crippen LogP) is 1.13. The molecule has 1 saturated heterocycles. The summed E-state index contributed by atoms with van der Waals surface area (Å²) < 4.78 is 0. The molecule has 1 aliphatic heterocycles. The van der Waals surface area contributed by atoms with E-state index in [9.17, 15) is 4.79 Å². The molecule has 18 heavy (non-hydrogen) atoms. The predicted molar refractivity (Wildman–Crippen MR) is 71.2 cm³/mol. The average Bonchev–Trinajstić information content (AvgIpc) is 2.41. The van der Waals surface area contributed by atoms with Crippen molar-refractivity contribution in [2.75, 3.05) is 19.6 Å². The molecule has 4 heteroatoms. The summed E-state index contributed by atoms with van der Waals surface area (Å²) in [5.41, 5.74) is 1.02. The van der Waals surface area contributed by atoms with Crippen molar-refractivity contribution in [3.8, 4) is 0 Å². The van der Waals surface area contributed by atoms with Gasteiger partial charge in [-0.05, 0) is 56.0 Å². The lowest BCUT2D eigenvalue weighted by Gasteiger charge is -2.22. The summed E-state index contributed by atoms with van der Waals surface area (Å²) in [5, 5.41) is 6.38. The van der Waals surface area contributed by atoms with Crippen LogP contribution in [-0.4, -0.2) is 30.5 Å². The van der Waals surface area contributed by atoms with Crippen LogP contribution >= 0.6 is 0 Å². The third kappa shape index (κ3) is 4.45. The first kappa shape index (κ1) is 13.0. The van der Waals surface area contributed by atoms with Crippen molar-refractivity contribution in [2.24, 2.45) is 5.92 Å². The molecule has 2 N–H and O–H groups in total. The van der Waals surface area contributed by atoms with Crippen molar-refractivity contribution in [2.45, 2.75) is 25.7 Å². The highest BCUT2D eigenvalue weighted by atomic mass is 16.1. The van der Waals surface area contributed by atoms with E-state index < -0.39 is 0 Å². The number of nitrogens with zero attached hydrogens (tertiary/aromatic N) is 1. The van der Waals surface area contributed by atoms with Crippen molar-refractivity contribution < 1.29 is 4.79 Å². The van der Waals surface area contributed by atoms with Crippen molar-refractivity contribution in [3.05, 3.63) is 30.1 Å². The van der Waals surface area contributed by atoms with E-state index in [1.807, 2.05) is 12.1 Å². The van der Waals surface area contributed by atoms with Gasteiger partial charge in [-0.1, -0.05) is 0 Å². The zero-order valence-corrected chi connectivity index (χ0v) is 10.7. The van der Waals surface area contributed by atoms with Crippen LogP contribution in [0.2, 0.25) is 0 Å². The quantitative estimate of drug-likeness (QED) is 0.820. The number of carbonyl (C=O) groups excluding carboxylic acids is 1. The van der Waals surface area contributed by atoms with Crippen LogP contribution in [0.25, 0.3) is 0 Å². The Kier molecular flexibility index (Phi) is 5.15. The molecule has 1 amide bonds. The maximum Gasteiger partial charge on any atom is 0.224 e. The molecule has 2 rings (SSSR count). The van der Waals surface area contributed by atoms with Crippen LogP contribution in [0.15, 0.2) is 24.5 Å². The molecule has 0 aromatic carbocycles. The highest BCUT2D eigenvalue weighted by Crippen LogP contribution is 2.12. The molecule has 98 valence electrons. The zero-order valence-electron chi connectivity index (χ0n) is 10.7. The van der Waals surface area contributed by atoms with E-state index in [-0.39, 0.29) is 5.91 Å². The van der Waals surface area contributed by atoms with Crippen LogP contribution in [0.3, 0.4) is 0 Å². The smallest absolute Gasteiger partial charge is 0.224 e. The van der Waals surface area contributed by atoms with Crippen LogP contribution in [0.5, 0.6) is 0 Å². The van der Waals surface area contributed by atoms with Crippen LogP contribution < -0.4 is 10.6 Å². The van der Waals surface area contributed by atoms with Gasteiger partial charge in [-0.3, -0.25) is 9.78 Å². The summed E-state index contributed by atoms with van der Waals surface area (Å²) >= 11 is 0. The maximum atomic E-state index is 11.7.